The van der Waals surface area contributed by atoms with Gasteiger partial charge >= 0.3 is 0 Å². The molecule has 0 saturated heterocycles. The maximum absolute atomic E-state index is 5.81. The molecule has 0 amide bonds. The van der Waals surface area contributed by atoms with Crippen LogP contribution in [-0.2, 0) is 7.05 Å². The van der Waals surface area contributed by atoms with E-state index < -0.39 is 0 Å². The Bertz CT molecular complexity index is 478. The van der Waals surface area contributed by atoms with Crippen molar-refractivity contribution in [3.63, 3.8) is 0 Å². The van der Waals surface area contributed by atoms with E-state index in [1.165, 1.54) is 0 Å². The van der Waals surface area contributed by atoms with Crippen molar-refractivity contribution in [1.29, 1.82) is 0 Å². The number of anilines is 1. The van der Waals surface area contributed by atoms with Gasteiger partial charge < -0.3 is 5.73 Å². The molecular formula is C10H12N4S. The highest BCUT2D eigenvalue weighted by Gasteiger charge is 2.06. The molecule has 5 heteroatoms. The second kappa shape index (κ2) is 3.94. The molecule has 0 aliphatic carbocycles. The first-order chi connectivity index (χ1) is 7.16. The Kier molecular flexibility index (Phi) is 2.64. The summed E-state index contributed by atoms with van der Waals surface area (Å²) in [5, 5.41) is 5.35. The number of pyridine rings is 1. The number of hydrogen-bond acceptors (Lipinski definition) is 4. The van der Waals surface area contributed by atoms with Crippen LogP contribution in [-0.4, -0.2) is 14.8 Å². The van der Waals surface area contributed by atoms with E-state index in [9.17, 15) is 0 Å². The van der Waals surface area contributed by atoms with Crippen molar-refractivity contribution in [1.82, 2.24) is 14.8 Å². The largest absolute Gasteiger partial charge is 0.397 e. The summed E-state index contributed by atoms with van der Waals surface area (Å²) in [6.07, 6.45) is 3.40. The second-order valence-electron chi connectivity index (χ2n) is 3.26. The topological polar surface area (TPSA) is 56.7 Å². The maximum Gasteiger partial charge on any atom is 0.0987 e. The summed E-state index contributed by atoms with van der Waals surface area (Å²) in [5.74, 6) is 0. The fourth-order valence-electron chi connectivity index (χ4n) is 1.28. The van der Waals surface area contributed by atoms with Crippen molar-refractivity contribution in [2.24, 2.45) is 7.05 Å². The van der Waals surface area contributed by atoms with E-state index in [1.807, 2.05) is 30.8 Å². The van der Waals surface area contributed by atoms with Gasteiger partial charge in [0.05, 0.1) is 22.6 Å². The zero-order chi connectivity index (χ0) is 10.8. The smallest absolute Gasteiger partial charge is 0.0987 e. The van der Waals surface area contributed by atoms with Crippen LogP contribution >= 0.6 is 11.8 Å². The van der Waals surface area contributed by atoms with E-state index >= 15 is 0 Å². The highest BCUT2D eigenvalue weighted by atomic mass is 32.2. The lowest BCUT2D eigenvalue weighted by Gasteiger charge is -2.03. The van der Waals surface area contributed by atoms with Crippen LogP contribution in [0, 0.1) is 6.92 Å². The molecule has 0 aromatic carbocycles. The summed E-state index contributed by atoms with van der Waals surface area (Å²) in [6.45, 7) is 1.97. The quantitative estimate of drug-likeness (QED) is 0.839. The third kappa shape index (κ3) is 2.12. The van der Waals surface area contributed by atoms with Crippen molar-refractivity contribution < 1.29 is 0 Å². The molecule has 15 heavy (non-hydrogen) atoms. The lowest BCUT2D eigenvalue weighted by atomic mass is 10.4. The SMILES string of the molecule is Cc1cc(Sc2ccncc2N)n(C)n1. The predicted molar refractivity (Wildman–Crippen MR) is 60.7 cm³/mol. The minimum Gasteiger partial charge on any atom is -0.397 e. The molecule has 4 nitrogen and oxygen atoms in total. The highest BCUT2D eigenvalue weighted by Crippen LogP contribution is 2.31. The number of nitrogen functional groups attached to an aromatic ring is 1. The first-order valence-electron chi connectivity index (χ1n) is 4.55. The molecule has 2 N–H and O–H groups in total. The maximum atomic E-state index is 5.81. The van der Waals surface area contributed by atoms with E-state index in [4.69, 9.17) is 5.73 Å². The lowest BCUT2D eigenvalue weighted by molar-refractivity contribution is 0.692. The third-order valence-electron chi connectivity index (χ3n) is 1.98. The second-order valence-corrected chi connectivity index (χ2v) is 4.33. The Balaban J connectivity index is 2.29. The first kappa shape index (κ1) is 10.0. The minimum absolute atomic E-state index is 0.696. The van der Waals surface area contributed by atoms with Gasteiger partial charge in [0, 0.05) is 18.1 Å². The fourth-order valence-corrected chi connectivity index (χ4v) is 2.21. The average Bonchev–Trinajstić information content (AvgIpc) is 2.49. The Morgan fingerprint density at radius 2 is 2.27 bits per heavy atom. The van der Waals surface area contributed by atoms with Crippen LogP contribution in [0.3, 0.4) is 0 Å². The molecule has 0 fully saturated rings. The van der Waals surface area contributed by atoms with Crippen molar-refractivity contribution >= 4 is 17.4 Å². The molecule has 0 saturated carbocycles. The van der Waals surface area contributed by atoms with Crippen LogP contribution in [0.2, 0.25) is 0 Å². The van der Waals surface area contributed by atoms with Crippen LogP contribution in [0.25, 0.3) is 0 Å². The molecule has 0 radical (unpaired) electrons. The molecule has 0 aliphatic heterocycles. The van der Waals surface area contributed by atoms with E-state index in [1.54, 1.807) is 24.2 Å². The zero-order valence-electron chi connectivity index (χ0n) is 8.64. The number of aromatic nitrogens is 3. The molecule has 2 aromatic heterocycles. The van der Waals surface area contributed by atoms with Gasteiger partial charge in [-0.25, -0.2) is 0 Å². The molecule has 2 rings (SSSR count). The minimum atomic E-state index is 0.696. The number of hydrogen-bond donors (Lipinski definition) is 1. The van der Waals surface area contributed by atoms with E-state index in [0.717, 1.165) is 15.6 Å². The van der Waals surface area contributed by atoms with Gasteiger partial charge in [-0.15, -0.1) is 0 Å². The van der Waals surface area contributed by atoms with Gasteiger partial charge in [0.2, 0.25) is 0 Å². The summed E-state index contributed by atoms with van der Waals surface area (Å²) in [6, 6.07) is 3.94. The van der Waals surface area contributed by atoms with Crippen LogP contribution in [0.4, 0.5) is 5.69 Å². The van der Waals surface area contributed by atoms with Crippen molar-refractivity contribution in [3.8, 4) is 0 Å². The van der Waals surface area contributed by atoms with Crippen molar-refractivity contribution in [3.05, 3.63) is 30.2 Å². The van der Waals surface area contributed by atoms with Gasteiger partial charge in [-0.05, 0) is 19.1 Å². The van der Waals surface area contributed by atoms with Crippen LogP contribution in [0.15, 0.2) is 34.4 Å². The van der Waals surface area contributed by atoms with Gasteiger partial charge in [-0.2, -0.15) is 5.10 Å². The van der Waals surface area contributed by atoms with E-state index in [2.05, 4.69) is 10.1 Å². The van der Waals surface area contributed by atoms with Gasteiger partial charge in [0.25, 0.3) is 0 Å². The van der Waals surface area contributed by atoms with Gasteiger partial charge in [0.1, 0.15) is 0 Å². The van der Waals surface area contributed by atoms with Gasteiger partial charge in [0.15, 0.2) is 0 Å². The Morgan fingerprint density at radius 1 is 1.47 bits per heavy atom. The Labute approximate surface area is 92.5 Å². The molecular weight excluding hydrogens is 208 g/mol. The molecule has 0 atom stereocenters. The van der Waals surface area contributed by atoms with Gasteiger partial charge in [-0.1, -0.05) is 11.8 Å². The van der Waals surface area contributed by atoms with Crippen LogP contribution in [0.1, 0.15) is 5.69 Å². The normalized spacial score (nSPS) is 10.5. The molecule has 2 heterocycles. The number of nitrogens with zero attached hydrogens (tertiary/aromatic N) is 3. The van der Waals surface area contributed by atoms with Crippen molar-refractivity contribution in [2.75, 3.05) is 5.73 Å². The van der Waals surface area contributed by atoms with Crippen molar-refractivity contribution in [2.45, 2.75) is 16.8 Å². The van der Waals surface area contributed by atoms with E-state index in [-0.39, 0.29) is 0 Å². The lowest BCUT2D eigenvalue weighted by Crippen LogP contribution is -1.94. The molecule has 2 aromatic rings. The number of rotatable bonds is 2. The molecule has 0 spiro atoms. The summed E-state index contributed by atoms with van der Waals surface area (Å²) < 4.78 is 1.85. The average molecular weight is 220 g/mol. The summed E-state index contributed by atoms with van der Waals surface area (Å²) >= 11 is 1.60. The third-order valence-corrected chi connectivity index (χ3v) is 3.17. The molecule has 0 bridgehead atoms. The standard InChI is InChI=1S/C10H12N4S/c1-7-5-10(14(2)13-7)15-9-3-4-12-6-8(9)11/h3-6H,11H2,1-2H3. The first-order valence-corrected chi connectivity index (χ1v) is 5.36. The van der Waals surface area contributed by atoms with E-state index in [0.29, 0.717) is 5.69 Å². The molecule has 0 unspecified atom stereocenters. The summed E-state index contributed by atoms with van der Waals surface area (Å²) in [5.41, 5.74) is 7.52. The zero-order valence-corrected chi connectivity index (χ0v) is 9.45. The number of nitrogens with two attached hydrogens (primary N) is 1. The summed E-state index contributed by atoms with van der Waals surface area (Å²) in [4.78, 5) is 4.96. The van der Waals surface area contributed by atoms with Crippen LogP contribution < -0.4 is 5.73 Å². The fraction of sp³-hybridized carbons (Fsp3) is 0.200. The predicted octanol–water partition coefficient (Wildman–Crippen LogP) is 1.86. The molecule has 0 aliphatic rings. The van der Waals surface area contributed by atoms with Gasteiger partial charge in [-0.3, -0.25) is 9.67 Å². The Morgan fingerprint density at radius 3 is 2.87 bits per heavy atom. The summed E-state index contributed by atoms with van der Waals surface area (Å²) in [7, 11) is 1.92. The van der Waals surface area contributed by atoms with Crippen LogP contribution in [0.5, 0.6) is 0 Å². The highest BCUT2D eigenvalue weighted by molar-refractivity contribution is 7.99. The Hall–Kier alpha value is -1.49. The number of aryl methyl sites for hydroxylation is 2. The monoisotopic (exact) mass is 220 g/mol. The molecule has 78 valence electrons.